The van der Waals surface area contributed by atoms with Gasteiger partial charge in [-0.2, -0.15) is 11.8 Å². The van der Waals surface area contributed by atoms with Crippen molar-refractivity contribution in [3.63, 3.8) is 0 Å². The lowest BCUT2D eigenvalue weighted by Gasteiger charge is -2.17. The summed E-state index contributed by atoms with van der Waals surface area (Å²) in [6.45, 7) is 3.96. The van der Waals surface area contributed by atoms with E-state index < -0.39 is 0 Å². The topological polar surface area (TPSA) is 54.9 Å². The van der Waals surface area contributed by atoms with Crippen LogP contribution in [0.4, 0.5) is 0 Å². The number of aromatic nitrogens is 2. The van der Waals surface area contributed by atoms with Gasteiger partial charge in [-0.05, 0) is 24.3 Å². The lowest BCUT2D eigenvalue weighted by molar-refractivity contribution is -0.124. The monoisotopic (exact) mass is 315 g/mol. The second-order valence-corrected chi connectivity index (χ2v) is 6.25. The molecule has 0 bridgehead atoms. The maximum atomic E-state index is 12.1. The Bertz CT molecular complexity index is 601. The molecule has 22 heavy (non-hydrogen) atoms. The van der Waals surface area contributed by atoms with Crippen molar-refractivity contribution in [3.8, 4) is 11.1 Å². The van der Waals surface area contributed by atoms with Crippen LogP contribution in [0, 0.1) is 5.92 Å². The fraction of sp³-hybridized carbons (Fsp3) is 0.353. The van der Waals surface area contributed by atoms with Crippen molar-refractivity contribution in [1.29, 1.82) is 0 Å². The number of nitrogens with one attached hydrogen (secondary N) is 1. The number of hydrogen-bond acceptors (Lipinski definition) is 4. The molecule has 0 fully saturated rings. The maximum absolute atomic E-state index is 12.1. The number of hydrogen-bond donors (Lipinski definition) is 1. The van der Waals surface area contributed by atoms with Crippen molar-refractivity contribution in [3.05, 3.63) is 48.5 Å². The van der Waals surface area contributed by atoms with Gasteiger partial charge in [-0.15, -0.1) is 0 Å². The number of benzene rings is 1. The summed E-state index contributed by atoms with van der Waals surface area (Å²) in [4.78, 5) is 20.1. The minimum absolute atomic E-state index is 0.00196. The predicted octanol–water partition coefficient (Wildman–Crippen LogP) is 3.32. The van der Waals surface area contributed by atoms with Gasteiger partial charge in [0, 0.05) is 29.6 Å². The Balaban J connectivity index is 2.02. The number of nitrogens with zero attached hydrogens (tertiary/aromatic N) is 2. The molecule has 2 rings (SSSR count). The fourth-order valence-corrected chi connectivity index (χ4v) is 2.83. The third-order valence-electron chi connectivity index (χ3n) is 3.53. The average Bonchev–Trinajstić information content (AvgIpc) is 2.56. The van der Waals surface area contributed by atoms with E-state index in [0.29, 0.717) is 0 Å². The average molecular weight is 315 g/mol. The second-order valence-electron chi connectivity index (χ2n) is 5.34. The number of carbonyl (C=O) groups is 1. The molecule has 4 nitrogen and oxygen atoms in total. The molecule has 1 heterocycles. The van der Waals surface area contributed by atoms with Crippen LogP contribution in [0.2, 0.25) is 0 Å². The molecule has 0 aliphatic rings. The van der Waals surface area contributed by atoms with E-state index in [1.54, 1.807) is 24.2 Å². The molecule has 5 heteroatoms. The van der Waals surface area contributed by atoms with Gasteiger partial charge in [0.2, 0.25) is 5.91 Å². The van der Waals surface area contributed by atoms with Crippen LogP contribution in [0.3, 0.4) is 0 Å². The van der Waals surface area contributed by atoms with Gasteiger partial charge in [-0.1, -0.05) is 31.2 Å². The Morgan fingerprint density at radius 1 is 1.14 bits per heavy atom. The SMILES string of the molecule is CSCC(C)C(=O)NC(C)c1ccc(-c2cncnc2)cc1. The van der Waals surface area contributed by atoms with Crippen LogP contribution in [-0.2, 0) is 4.79 Å². The summed E-state index contributed by atoms with van der Waals surface area (Å²) in [6, 6.07) is 8.13. The summed E-state index contributed by atoms with van der Waals surface area (Å²) < 4.78 is 0. The zero-order valence-electron chi connectivity index (χ0n) is 13.1. The van der Waals surface area contributed by atoms with Crippen molar-refractivity contribution in [2.45, 2.75) is 19.9 Å². The Morgan fingerprint density at radius 2 is 1.77 bits per heavy atom. The number of thioether (sulfide) groups is 1. The van der Waals surface area contributed by atoms with Gasteiger partial charge >= 0.3 is 0 Å². The van der Waals surface area contributed by atoms with Crippen LogP contribution in [0.1, 0.15) is 25.5 Å². The number of carbonyl (C=O) groups excluding carboxylic acids is 1. The van der Waals surface area contributed by atoms with Gasteiger partial charge in [0.1, 0.15) is 6.33 Å². The second kappa shape index (κ2) is 7.94. The van der Waals surface area contributed by atoms with Gasteiger partial charge < -0.3 is 5.32 Å². The lowest BCUT2D eigenvalue weighted by Crippen LogP contribution is -2.32. The first kappa shape index (κ1) is 16.5. The molecule has 116 valence electrons. The molecular formula is C17H21N3OS. The normalized spacial score (nSPS) is 13.4. The largest absolute Gasteiger partial charge is 0.349 e. The van der Waals surface area contributed by atoms with Gasteiger partial charge in [-0.25, -0.2) is 9.97 Å². The first-order chi connectivity index (χ1) is 10.6. The molecule has 2 unspecified atom stereocenters. The molecule has 1 amide bonds. The summed E-state index contributed by atoms with van der Waals surface area (Å²) in [7, 11) is 0. The molecule has 2 aromatic rings. The van der Waals surface area contributed by atoms with E-state index >= 15 is 0 Å². The molecule has 2 atom stereocenters. The van der Waals surface area contributed by atoms with E-state index in [4.69, 9.17) is 0 Å². The summed E-state index contributed by atoms with van der Waals surface area (Å²) >= 11 is 1.69. The van der Waals surface area contributed by atoms with Crippen molar-refractivity contribution in [1.82, 2.24) is 15.3 Å². The fourth-order valence-electron chi connectivity index (χ4n) is 2.18. The molecular weight excluding hydrogens is 294 g/mol. The first-order valence-corrected chi connectivity index (χ1v) is 8.66. The van der Waals surface area contributed by atoms with Gasteiger partial charge in [0.15, 0.2) is 0 Å². The zero-order chi connectivity index (χ0) is 15.9. The van der Waals surface area contributed by atoms with Crippen molar-refractivity contribution >= 4 is 17.7 Å². The van der Waals surface area contributed by atoms with E-state index in [-0.39, 0.29) is 17.9 Å². The van der Waals surface area contributed by atoms with Crippen LogP contribution in [0.25, 0.3) is 11.1 Å². The van der Waals surface area contributed by atoms with E-state index in [0.717, 1.165) is 22.4 Å². The minimum Gasteiger partial charge on any atom is -0.349 e. The molecule has 0 saturated carbocycles. The smallest absolute Gasteiger partial charge is 0.224 e. The van der Waals surface area contributed by atoms with Gasteiger partial charge in [0.05, 0.1) is 6.04 Å². The summed E-state index contributed by atoms with van der Waals surface area (Å²) in [5, 5.41) is 3.06. The van der Waals surface area contributed by atoms with Crippen molar-refractivity contribution < 1.29 is 4.79 Å². The molecule has 0 radical (unpaired) electrons. The first-order valence-electron chi connectivity index (χ1n) is 7.26. The van der Waals surface area contributed by atoms with E-state index in [2.05, 4.69) is 15.3 Å². The summed E-state index contributed by atoms with van der Waals surface area (Å²) in [5.41, 5.74) is 3.14. The highest BCUT2D eigenvalue weighted by Gasteiger charge is 2.15. The summed E-state index contributed by atoms with van der Waals surface area (Å²) in [5.74, 6) is 0.964. The Labute approximate surface area is 135 Å². The highest BCUT2D eigenvalue weighted by atomic mass is 32.2. The highest BCUT2D eigenvalue weighted by Crippen LogP contribution is 2.21. The lowest BCUT2D eigenvalue weighted by atomic mass is 10.0. The van der Waals surface area contributed by atoms with Crippen molar-refractivity contribution in [2.24, 2.45) is 5.92 Å². The Kier molecular flexibility index (Phi) is 5.95. The third-order valence-corrected chi connectivity index (χ3v) is 4.36. The molecule has 0 saturated heterocycles. The number of amides is 1. The predicted molar refractivity (Wildman–Crippen MR) is 91.6 cm³/mol. The van der Waals surface area contributed by atoms with Crippen LogP contribution < -0.4 is 5.32 Å². The quantitative estimate of drug-likeness (QED) is 0.888. The van der Waals surface area contributed by atoms with Crippen LogP contribution >= 0.6 is 11.8 Å². The Hall–Kier alpha value is -1.88. The highest BCUT2D eigenvalue weighted by molar-refractivity contribution is 7.98. The maximum Gasteiger partial charge on any atom is 0.224 e. The third kappa shape index (κ3) is 4.31. The van der Waals surface area contributed by atoms with E-state index in [9.17, 15) is 4.79 Å². The van der Waals surface area contributed by atoms with E-state index in [1.807, 2.05) is 44.4 Å². The van der Waals surface area contributed by atoms with Gasteiger partial charge in [-0.3, -0.25) is 4.79 Å². The van der Waals surface area contributed by atoms with E-state index in [1.165, 1.54) is 6.33 Å². The molecule has 0 spiro atoms. The molecule has 0 aliphatic heterocycles. The number of rotatable bonds is 6. The zero-order valence-corrected chi connectivity index (χ0v) is 13.9. The van der Waals surface area contributed by atoms with Gasteiger partial charge in [0.25, 0.3) is 0 Å². The standard InChI is InChI=1S/C17H21N3OS/c1-12(10-22-3)17(21)20-13(2)14-4-6-15(7-5-14)16-8-18-11-19-9-16/h4-9,11-13H,10H2,1-3H3,(H,20,21). The summed E-state index contributed by atoms with van der Waals surface area (Å²) in [6.07, 6.45) is 7.11. The van der Waals surface area contributed by atoms with Crippen LogP contribution in [0.5, 0.6) is 0 Å². The van der Waals surface area contributed by atoms with Crippen molar-refractivity contribution in [2.75, 3.05) is 12.0 Å². The molecule has 1 aromatic heterocycles. The van der Waals surface area contributed by atoms with Crippen LogP contribution in [0.15, 0.2) is 43.0 Å². The molecule has 1 N–H and O–H groups in total. The van der Waals surface area contributed by atoms with Crippen LogP contribution in [-0.4, -0.2) is 27.9 Å². The molecule has 1 aromatic carbocycles. The molecule has 0 aliphatic carbocycles. The minimum atomic E-state index is -0.00196. The Morgan fingerprint density at radius 3 is 2.36 bits per heavy atom.